The second kappa shape index (κ2) is 5.47. The van der Waals surface area contributed by atoms with Crippen molar-refractivity contribution >= 4 is 16.0 Å². The topological polar surface area (TPSA) is 107 Å². The van der Waals surface area contributed by atoms with Gasteiger partial charge in [-0.15, -0.1) is 0 Å². The quantitative estimate of drug-likeness (QED) is 0.825. The van der Waals surface area contributed by atoms with E-state index in [0.717, 1.165) is 0 Å². The zero-order valence-corrected chi connectivity index (χ0v) is 12.4. The summed E-state index contributed by atoms with van der Waals surface area (Å²) in [5.74, 6) is -0.876. The zero-order valence-electron chi connectivity index (χ0n) is 11.5. The Morgan fingerprint density at radius 3 is 2.43 bits per heavy atom. The number of nitrogens with one attached hydrogen (secondary N) is 1. The molecule has 7 heteroatoms. The van der Waals surface area contributed by atoms with Crippen LogP contribution in [0.15, 0.2) is 29.2 Å². The molecule has 1 aromatic carbocycles. The van der Waals surface area contributed by atoms with Gasteiger partial charge in [0.25, 0.3) is 0 Å². The summed E-state index contributed by atoms with van der Waals surface area (Å²) in [6, 6.07) is 7.32. The van der Waals surface area contributed by atoms with Crippen molar-refractivity contribution in [2.45, 2.75) is 42.5 Å². The Morgan fingerprint density at radius 2 is 2.00 bits per heavy atom. The van der Waals surface area contributed by atoms with Crippen LogP contribution in [0.1, 0.15) is 31.7 Å². The number of nitriles is 1. The molecule has 0 radical (unpaired) electrons. The minimum atomic E-state index is -3.69. The number of carboxylic acids is 1. The molecule has 2 rings (SSSR count). The van der Waals surface area contributed by atoms with E-state index in [-0.39, 0.29) is 11.3 Å². The maximum absolute atomic E-state index is 12.1. The summed E-state index contributed by atoms with van der Waals surface area (Å²) >= 11 is 0. The monoisotopic (exact) mass is 308 g/mol. The van der Waals surface area contributed by atoms with Gasteiger partial charge >= 0.3 is 5.97 Å². The molecule has 0 aliphatic heterocycles. The lowest BCUT2D eigenvalue weighted by molar-refractivity contribution is -0.140. The van der Waals surface area contributed by atoms with Crippen LogP contribution in [0.25, 0.3) is 0 Å². The van der Waals surface area contributed by atoms with Crippen LogP contribution in [0.3, 0.4) is 0 Å². The van der Waals surface area contributed by atoms with Crippen LogP contribution in [-0.4, -0.2) is 25.5 Å². The smallest absolute Gasteiger partial charge is 0.314 e. The number of nitrogens with zero attached hydrogens (tertiary/aromatic N) is 1. The van der Waals surface area contributed by atoms with Crippen molar-refractivity contribution < 1.29 is 18.3 Å². The van der Waals surface area contributed by atoms with Gasteiger partial charge in [-0.05, 0) is 37.5 Å². The molecule has 0 aromatic heterocycles. The highest BCUT2D eigenvalue weighted by molar-refractivity contribution is 7.89. The SMILES string of the molecule is CC(CC#N)NS(=O)(=O)c1ccc(C2(C(=O)O)CC2)cc1. The van der Waals surface area contributed by atoms with Crippen LogP contribution in [0.2, 0.25) is 0 Å². The first-order valence-electron chi connectivity index (χ1n) is 6.55. The molecular formula is C14H16N2O4S. The molecule has 0 heterocycles. The van der Waals surface area contributed by atoms with Crippen LogP contribution in [-0.2, 0) is 20.2 Å². The Bertz CT molecular complexity index is 685. The van der Waals surface area contributed by atoms with Crippen LogP contribution in [0.4, 0.5) is 0 Å². The highest BCUT2D eigenvalue weighted by Gasteiger charge is 2.51. The maximum Gasteiger partial charge on any atom is 0.314 e. The third kappa shape index (κ3) is 3.06. The Labute approximate surface area is 123 Å². The fourth-order valence-corrected chi connectivity index (χ4v) is 3.46. The van der Waals surface area contributed by atoms with Gasteiger partial charge in [0.1, 0.15) is 0 Å². The van der Waals surface area contributed by atoms with Crippen molar-refractivity contribution in [2.24, 2.45) is 0 Å². The molecule has 2 N–H and O–H groups in total. The Morgan fingerprint density at radius 1 is 1.43 bits per heavy atom. The molecule has 6 nitrogen and oxygen atoms in total. The Hall–Kier alpha value is -1.91. The van der Waals surface area contributed by atoms with Crippen LogP contribution >= 0.6 is 0 Å². The van der Waals surface area contributed by atoms with Gasteiger partial charge in [-0.25, -0.2) is 13.1 Å². The predicted octanol–water partition coefficient (Wildman–Crippen LogP) is 1.38. The van der Waals surface area contributed by atoms with Gasteiger partial charge in [0, 0.05) is 6.04 Å². The van der Waals surface area contributed by atoms with Crippen molar-refractivity contribution in [3.63, 3.8) is 0 Å². The minimum absolute atomic E-state index is 0.0669. The summed E-state index contributed by atoms with van der Waals surface area (Å²) in [6.07, 6.45) is 1.23. The molecule has 1 aromatic rings. The van der Waals surface area contributed by atoms with E-state index in [4.69, 9.17) is 5.26 Å². The summed E-state index contributed by atoms with van der Waals surface area (Å²) in [4.78, 5) is 11.3. The van der Waals surface area contributed by atoms with Gasteiger partial charge in [-0.2, -0.15) is 5.26 Å². The summed E-state index contributed by atoms with van der Waals surface area (Å²) < 4.78 is 26.6. The second-order valence-electron chi connectivity index (χ2n) is 5.30. The van der Waals surface area contributed by atoms with E-state index >= 15 is 0 Å². The normalized spacial score (nSPS) is 17.7. The molecule has 1 aliphatic rings. The standard InChI is InChI=1S/C14H16N2O4S/c1-10(6-9-15)16-21(19,20)12-4-2-11(3-5-12)14(7-8-14)13(17)18/h2-5,10,16H,6-8H2,1H3,(H,17,18). The zero-order chi connectivity index (χ0) is 15.7. The average molecular weight is 308 g/mol. The third-order valence-corrected chi connectivity index (χ3v) is 5.24. The van der Waals surface area contributed by atoms with Crippen molar-refractivity contribution in [3.05, 3.63) is 29.8 Å². The Kier molecular flexibility index (Phi) is 4.03. The number of hydrogen-bond donors (Lipinski definition) is 2. The molecule has 1 unspecified atom stereocenters. The number of benzene rings is 1. The van der Waals surface area contributed by atoms with E-state index in [9.17, 15) is 18.3 Å². The molecule has 0 bridgehead atoms. The molecule has 1 fully saturated rings. The first-order chi connectivity index (χ1) is 9.82. The first kappa shape index (κ1) is 15.5. The van der Waals surface area contributed by atoms with E-state index in [1.807, 2.05) is 6.07 Å². The van der Waals surface area contributed by atoms with E-state index in [0.29, 0.717) is 18.4 Å². The summed E-state index contributed by atoms with van der Waals surface area (Å²) in [7, 11) is -3.69. The summed E-state index contributed by atoms with van der Waals surface area (Å²) in [6.45, 7) is 1.61. The fraction of sp³-hybridized carbons (Fsp3) is 0.429. The highest BCUT2D eigenvalue weighted by atomic mass is 32.2. The number of carbonyl (C=O) groups is 1. The molecule has 1 atom stereocenters. The first-order valence-corrected chi connectivity index (χ1v) is 8.03. The number of sulfonamides is 1. The Balaban J connectivity index is 2.20. The van der Waals surface area contributed by atoms with E-state index in [1.54, 1.807) is 19.1 Å². The van der Waals surface area contributed by atoms with Gasteiger partial charge in [0.05, 0.1) is 22.8 Å². The lowest BCUT2D eigenvalue weighted by Gasteiger charge is -2.13. The molecule has 0 spiro atoms. The van der Waals surface area contributed by atoms with Crippen molar-refractivity contribution in [3.8, 4) is 6.07 Å². The van der Waals surface area contributed by atoms with Crippen molar-refractivity contribution in [1.82, 2.24) is 4.72 Å². The molecular weight excluding hydrogens is 292 g/mol. The predicted molar refractivity (Wildman–Crippen MR) is 75.0 cm³/mol. The third-order valence-electron chi connectivity index (χ3n) is 3.63. The van der Waals surface area contributed by atoms with Gasteiger partial charge < -0.3 is 5.11 Å². The van der Waals surface area contributed by atoms with Crippen LogP contribution in [0, 0.1) is 11.3 Å². The summed E-state index contributed by atoms with van der Waals surface area (Å²) in [5, 5.41) is 17.8. The fourth-order valence-electron chi connectivity index (χ4n) is 2.22. The van der Waals surface area contributed by atoms with Gasteiger partial charge in [0.2, 0.25) is 10.0 Å². The second-order valence-corrected chi connectivity index (χ2v) is 7.01. The van der Waals surface area contributed by atoms with Crippen molar-refractivity contribution in [2.75, 3.05) is 0 Å². The number of aliphatic carboxylic acids is 1. The lowest BCUT2D eigenvalue weighted by Crippen LogP contribution is -2.32. The molecule has 21 heavy (non-hydrogen) atoms. The van der Waals surface area contributed by atoms with Gasteiger partial charge in [-0.3, -0.25) is 4.79 Å². The van der Waals surface area contributed by atoms with Crippen molar-refractivity contribution in [1.29, 1.82) is 5.26 Å². The molecule has 1 saturated carbocycles. The van der Waals surface area contributed by atoms with Crippen LogP contribution in [0.5, 0.6) is 0 Å². The van der Waals surface area contributed by atoms with Crippen LogP contribution < -0.4 is 4.72 Å². The largest absolute Gasteiger partial charge is 0.481 e. The van der Waals surface area contributed by atoms with Gasteiger partial charge in [0.15, 0.2) is 0 Å². The molecule has 1 aliphatic carbocycles. The highest BCUT2D eigenvalue weighted by Crippen LogP contribution is 2.48. The average Bonchev–Trinajstić information content (AvgIpc) is 3.20. The molecule has 0 amide bonds. The number of carboxylic acid groups (broad SMARTS) is 1. The van der Waals surface area contributed by atoms with E-state index in [2.05, 4.69) is 4.72 Å². The molecule has 112 valence electrons. The maximum atomic E-state index is 12.1. The van der Waals surface area contributed by atoms with Gasteiger partial charge in [-0.1, -0.05) is 12.1 Å². The van der Waals surface area contributed by atoms with E-state index in [1.165, 1.54) is 12.1 Å². The minimum Gasteiger partial charge on any atom is -0.481 e. The summed E-state index contributed by atoms with van der Waals surface area (Å²) in [5.41, 5.74) is -0.219. The molecule has 0 saturated heterocycles. The lowest BCUT2D eigenvalue weighted by atomic mass is 9.96. The number of rotatable bonds is 6. The number of hydrogen-bond acceptors (Lipinski definition) is 4. The van der Waals surface area contributed by atoms with E-state index < -0.39 is 27.4 Å².